The number of halogens is 1. The van der Waals surface area contributed by atoms with Crippen LogP contribution in [0.5, 0.6) is 0 Å². The Morgan fingerprint density at radius 2 is 1.68 bits per heavy atom. The lowest BCUT2D eigenvalue weighted by Crippen LogP contribution is -2.35. The van der Waals surface area contributed by atoms with Crippen LogP contribution in [0, 0.1) is 0 Å². The largest absolute Gasteiger partial charge is 0.479 e. The molecular formula is C27H26ClN5O5. The summed E-state index contributed by atoms with van der Waals surface area (Å²) in [5.41, 5.74) is 3.18. The molecule has 4 atom stereocenters. The average Bonchev–Trinajstić information content (AvgIpc) is 3.55. The molecule has 11 heteroatoms. The van der Waals surface area contributed by atoms with Gasteiger partial charge < -0.3 is 24.6 Å². The summed E-state index contributed by atoms with van der Waals surface area (Å²) in [5.74, 6) is -1.57. The molecule has 0 aliphatic carbocycles. The van der Waals surface area contributed by atoms with Crippen molar-refractivity contribution in [1.29, 1.82) is 0 Å². The Kier molecular flexibility index (Phi) is 6.27. The van der Waals surface area contributed by atoms with Gasteiger partial charge in [-0.2, -0.15) is 9.97 Å². The Morgan fingerprint density at radius 3 is 2.32 bits per heavy atom. The van der Waals surface area contributed by atoms with Gasteiger partial charge >= 0.3 is 5.97 Å². The molecule has 2 N–H and O–H groups in total. The van der Waals surface area contributed by atoms with E-state index in [0.717, 1.165) is 11.1 Å². The minimum atomic E-state index is -1.20. The number of carbonyl (C=O) groups is 1. The van der Waals surface area contributed by atoms with E-state index in [9.17, 15) is 9.90 Å². The maximum atomic E-state index is 11.9. The molecule has 6 rings (SSSR count). The average molecular weight is 536 g/mol. The molecule has 0 amide bonds. The third-order valence-corrected chi connectivity index (χ3v) is 6.99. The van der Waals surface area contributed by atoms with E-state index in [-0.39, 0.29) is 11.2 Å². The molecule has 2 aliphatic heterocycles. The number of aliphatic carboxylic acids is 1. The van der Waals surface area contributed by atoms with Crippen molar-refractivity contribution in [2.24, 2.45) is 0 Å². The van der Waals surface area contributed by atoms with Crippen LogP contribution in [0.2, 0.25) is 5.28 Å². The topological polar surface area (TPSA) is 121 Å². The van der Waals surface area contributed by atoms with Gasteiger partial charge in [0.15, 0.2) is 35.1 Å². The van der Waals surface area contributed by atoms with Gasteiger partial charge in [0.05, 0.1) is 6.33 Å². The second-order valence-corrected chi connectivity index (χ2v) is 10.1. The van der Waals surface area contributed by atoms with Gasteiger partial charge in [0.25, 0.3) is 0 Å². The Labute approximate surface area is 223 Å². The number of carboxylic acid groups (broad SMARTS) is 1. The van der Waals surface area contributed by atoms with Crippen LogP contribution in [0.3, 0.4) is 0 Å². The van der Waals surface area contributed by atoms with Gasteiger partial charge in [0.1, 0.15) is 12.2 Å². The van der Waals surface area contributed by atoms with Crippen LogP contribution in [-0.2, 0) is 19.0 Å². The van der Waals surface area contributed by atoms with E-state index >= 15 is 0 Å². The summed E-state index contributed by atoms with van der Waals surface area (Å²) < 4.78 is 19.4. The molecule has 0 spiro atoms. The molecule has 2 aromatic heterocycles. The first-order chi connectivity index (χ1) is 18.3. The van der Waals surface area contributed by atoms with E-state index in [2.05, 4.69) is 44.5 Å². The number of nitrogens with zero attached hydrogens (tertiary/aromatic N) is 4. The zero-order chi connectivity index (χ0) is 26.4. The highest BCUT2D eigenvalue weighted by Crippen LogP contribution is 2.44. The molecular weight excluding hydrogens is 510 g/mol. The first-order valence-corrected chi connectivity index (χ1v) is 12.7. The predicted molar refractivity (Wildman–Crippen MR) is 139 cm³/mol. The molecule has 4 aromatic rings. The molecule has 0 bridgehead atoms. The maximum Gasteiger partial charge on any atom is 0.335 e. The number of anilines is 1. The molecule has 2 aliphatic rings. The molecule has 2 aromatic carbocycles. The number of hydrogen-bond acceptors (Lipinski definition) is 8. The zero-order valence-corrected chi connectivity index (χ0v) is 21.4. The lowest BCUT2D eigenvalue weighted by molar-refractivity contribution is -0.202. The second-order valence-electron chi connectivity index (χ2n) is 9.77. The fourth-order valence-corrected chi connectivity index (χ4v) is 5.36. The highest BCUT2D eigenvalue weighted by molar-refractivity contribution is 6.28. The fourth-order valence-electron chi connectivity index (χ4n) is 5.20. The highest BCUT2D eigenvalue weighted by Gasteiger charge is 2.58. The monoisotopic (exact) mass is 535 g/mol. The number of nitrogens with one attached hydrogen (secondary N) is 1. The predicted octanol–water partition coefficient (Wildman–Crippen LogP) is 4.23. The van der Waals surface area contributed by atoms with Crippen LogP contribution in [0.1, 0.15) is 37.1 Å². The summed E-state index contributed by atoms with van der Waals surface area (Å²) in [6, 6.07) is 20.4. The molecule has 2 saturated heterocycles. The van der Waals surface area contributed by atoms with Gasteiger partial charge in [0.2, 0.25) is 5.28 Å². The number of hydrogen-bond donors (Lipinski definition) is 2. The Balaban J connectivity index is 1.33. The summed E-state index contributed by atoms with van der Waals surface area (Å²) in [6.45, 7) is 4.01. The van der Waals surface area contributed by atoms with Crippen LogP contribution in [0.15, 0.2) is 67.0 Å². The van der Waals surface area contributed by atoms with E-state index in [4.69, 9.17) is 25.8 Å². The molecule has 2 fully saturated rings. The fraction of sp³-hybridized carbons (Fsp3) is 0.333. The molecule has 0 unspecified atom stereocenters. The first-order valence-electron chi connectivity index (χ1n) is 12.3. The Hall–Kier alpha value is -3.57. The third-order valence-electron chi connectivity index (χ3n) is 6.82. The summed E-state index contributed by atoms with van der Waals surface area (Å²) in [5, 5.41) is 13.1. The van der Waals surface area contributed by atoms with Gasteiger partial charge in [0, 0.05) is 12.5 Å². The zero-order valence-electron chi connectivity index (χ0n) is 20.7. The van der Waals surface area contributed by atoms with Gasteiger partial charge in [-0.15, -0.1) is 0 Å². The maximum absolute atomic E-state index is 11.9. The van der Waals surface area contributed by atoms with Gasteiger partial charge in [-0.05, 0) is 36.6 Å². The van der Waals surface area contributed by atoms with Crippen LogP contribution in [-0.4, -0.2) is 61.2 Å². The lowest BCUT2D eigenvalue weighted by atomic mass is 9.91. The smallest absolute Gasteiger partial charge is 0.335 e. The molecule has 0 radical (unpaired) electrons. The van der Waals surface area contributed by atoms with Crippen molar-refractivity contribution in [3.63, 3.8) is 0 Å². The quantitative estimate of drug-likeness (QED) is 0.335. The number of imidazole rings is 1. The minimum Gasteiger partial charge on any atom is -0.479 e. The Bertz CT molecular complexity index is 1430. The highest BCUT2D eigenvalue weighted by atomic mass is 35.5. The Morgan fingerprint density at radius 1 is 1.05 bits per heavy atom. The summed E-state index contributed by atoms with van der Waals surface area (Å²) in [7, 11) is 0. The number of carboxylic acids is 1. The molecule has 10 nitrogen and oxygen atoms in total. The van der Waals surface area contributed by atoms with E-state index in [0.29, 0.717) is 23.5 Å². The number of ether oxygens (including phenoxy) is 3. The van der Waals surface area contributed by atoms with Gasteiger partial charge in [-0.3, -0.25) is 4.57 Å². The van der Waals surface area contributed by atoms with Gasteiger partial charge in [-0.25, -0.2) is 9.78 Å². The van der Waals surface area contributed by atoms with E-state index < -0.39 is 36.3 Å². The summed E-state index contributed by atoms with van der Waals surface area (Å²) in [6.07, 6.45) is -1.94. The number of benzene rings is 2. The molecule has 4 heterocycles. The lowest BCUT2D eigenvalue weighted by Gasteiger charge is -2.23. The number of rotatable bonds is 7. The first kappa shape index (κ1) is 24.7. The van der Waals surface area contributed by atoms with Crippen molar-refractivity contribution in [3.8, 4) is 0 Å². The van der Waals surface area contributed by atoms with Crippen molar-refractivity contribution in [3.05, 3.63) is 83.4 Å². The molecule has 38 heavy (non-hydrogen) atoms. The molecule has 0 saturated carbocycles. The van der Waals surface area contributed by atoms with Gasteiger partial charge in [-0.1, -0.05) is 60.7 Å². The van der Waals surface area contributed by atoms with Crippen molar-refractivity contribution < 1.29 is 24.1 Å². The van der Waals surface area contributed by atoms with E-state index in [1.54, 1.807) is 18.4 Å². The van der Waals surface area contributed by atoms with Crippen molar-refractivity contribution in [1.82, 2.24) is 19.5 Å². The van der Waals surface area contributed by atoms with Crippen molar-refractivity contribution >= 4 is 34.6 Å². The van der Waals surface area contributed by atoms with E-state index in [1.165, 1.54) is 6.33 Å². The van der Waals surface area contributed by atoms with Crippen LogP contribution < -0.4 is 5.32 Å². The minimum absolute atomic E-state index is 0.0194. The summed E-state index contributed by atoms with van der Waals surface area (Å²) >= 11 is 6.35. The summed E-state index contributed by atoms with van der Waals surface area (Å²) in [4.78, 5) is 25.2. The SMILES string of the molecule is CC1(C)O[C@@H]2[C@H](O1)[C@@H](C(=O)O)O[C@H]2n1cnc2c(NCC(c3ccccc3)c3ccccc3)nc(Cl)nc21. The van der Waals surface area contributed by atoms with Crippen molar-refractivity contribution in [2.75, 3.05) is 11.9 Å². The standard InChI is InChI=1S/C27H26ClN5O5/c1-27(2)37-19-20(38-27)24(36-21(19)25(34)35)33-14-30-18-22(31-26(28)32-23(18)33)29-13-17(15-9-5-3-6-10-15)16-11-7-4-8-12-16/h3-12,14,17,19-21,24H,13H2,1-2H3,(H,34,35)(H,29,31,32)/t19-,20+,21-,24+/m0/s1. The number of fused-ring (bicyclic) bond motifs is 2. The third kappa shape index (κ3) is 4.49. The molecule has 196 valence electrons. The second kappa shape index (κ2) is 9.63. The normalized spacial score (nSPS) is 24.1. The van der Waals surface area contributed by atoms with E-state index in [1.807, 2.05) is 36.4 Å². The van der Waals surface area contributed by atoms with Crippen LogP contribution in [0.4, 0.5) is 5.82 Å². The van der Waals surface area contributed by atoms with Crippen LogP contribution >= 0.6 is 11.6 Å². The van der Waals surface area contributed by atoms with Crippen LogP contribution in [0.25, 0.3) is 11.2 Å². The number of aromatic nitrogens is 4. The van der Waals surface area contributed by atoms with Crippen molar-refractivity contribution in [2.45, 2.75) is 50.1 Å².